The lowest BCUT2D eigenvalue weighted by Gasteiger charge is -2.39. The Labute approximate surface area is 236 Å². The third-order valence-electron chi connectivity index (χ3n) is 7.81. The molecule has 1 amide bonds. The van der Waals surface area contributed by atoms with E-state index in [1.165, 1.54) is 5.56 Å². The molecule has 2 saturated heterocycles. The van der Waals surface area contributed by atoms with Gasteiger partial charge in [-0.3, -0.25) is 19.8 Å². The first-order valence-corrected chi connectivity index (χ1v) is 13.9. The molecule has 9 heteroatoms. The summed E-state index contributed by atoms with van der Waals surface area (Å²) in [5.41, 5.74) is 7.46. The van der Waals surface area contributed by atoms with Crippen LogP contribution in [0.2, 0.25) is 0 Å². The lowest BCUT2D eigenvalue weighted by Crippen LogP contribution is -2.52. The van der Waals surface area contributed by atoms with E-state index in [-0.39, 0.29) is 0 Å². The van der Waals surface area contributed by atoms with E-state index in [4.69, 9.17) is 9.94 Å². The number of nitrogens with zero attached hydrogens (tertiary/aromatic N) is 4. The summed E-state index contributed by atoms with van der Waals surface area (Å²) < 4.78 is 5.49. The number of nitrogens with one attached hydrogen (secondary N) is 1. The lowest BCUT2D eigenvalue weighted by atomic mass is 10.0. The van der Waals surface area contributed by atoms with Crippen LogP contribution in [0.3, 0.4) is 0 Å². The Hall–Kier alpha value is -3.31. The zero-order valence-electron chi connectivity index (χ0n) is 23.1. The molecule has 9 nitrogen and oxygen atoms in total. The second-order valence-electron chi connectivity index (χ2n) is 10.6. The van der Waals surface area contributed by atoms with Gasteiger partial charge in [-0.2, -0.15) is 0 Å². The number of carbonyl (C=O) groups is 1. The maximum absolute atomic E-state index is 11.7. The monoisotopic (exact) mass is 545 g/mol. The number of hydroxylamine groups is 1. The molecule has 2 aliphatic rings. The number of carbonyl (C=O) groups excluding carboxylic acids is 1. The number of rotatable bonds is 9. The fraction of sp³-hybridized carbons (Fsp3) is 0.387. The van der Waals surface area contributed by atoms with Crippen LogP contribution >= 0.6 is 0 Å². The Balaban J connectivity index is 1.30. The normalized spacial score (nSPS) is 17.9. The van der Waals surface area contributed by atoms with Crippen molar-refractivity contribution in [3.63, 3.8) is 0 Å². The first-order chi connectivity index (χ1) is 19.5. The first-order valence-electron chi connectivity index (χ1n) is 13.9. The standard InChI is InChI=1S/C31H39N5O4/c1-33-14-16-34(17-15-33)22-24-2-6-26(7-3-24)27-10-12-29(13-11-27)36(31(38)35-18-20-40-21-19-35)23-25-4-8-28(9-5-25)30(37)32-39/h2-13,31,38-39H,14-23H2,1H3,(H,32,37). The number of amides is 1. The SMILES string of the molecule is CN1CCN(Cc2ccc(-c3ccc(N(Cc4ccc(C(=O)NO)cc4)C(O)N4CCOCC4)cc3)cc2)CC1. The number of morpholine rings is 1. The van der Waals surface area contributed by atoms with Gasteiger partial charge in [-0.05, 0) is 53.6 Å². The van der Waals surface area contributed by atoms with Gasteiger partial charge in [0.25, 0.3) is 5.91 Å². The largest absolute Gasteiger partial charge is 0.379 e. The molecule has 0 aromatic heterocycles. The van der Waals surface area contributed by atoms with Crippen LogP contribution in [0.25, 0.3) is 11.1 Å². The van der Waals surface area contributed by atoms with E-state index in [1.807, 2.05) is 34.1 Å². The Bertz CT molecular complexity index is 1220. The highest BCUT2D eigenvalue weighted by Crippen LogP contribution is 2.27. The number of anilines is 1. The van der Waals surface area contributed by atoms with E-state index in [0.717, 1.165) is 55.1 Å². The number of hydrogen-bond donors (Lipinski definition) is 3. The van der Waals surface area contributed by atoms with Crippen molar-refractivity contribution >= 4 is 11.6 Å². The van der Waals surface area contributed by atoms with E-state index in [0.29, 0.717) is 38.4 Å². The summed E-state index contributed by atoms with van der Waals surface area (Å²) in [7, 11) is 2.18. The molecule has 0 spiro atoms. The molecule has 3 N–H and O–H groups in total. The van der Waals surface area contributed by atoms with Crippen LogP contribution in [0, 0.1) is 0 Å². The van der Waals surface area contributed by atoms with Gasteiger partial charge < -0.3 is 19.6 Å². The van der Waals surface area contributed by atoms with Gasteiger partial charge >= 0.3 is 0 Å². The fourth-order valence-electron chi connectivity index (χ4n) is 5.25. The van der Waals surface area contributed by atoms with Crippen LogP contribution < -0.4 is 10.4 Å². The molecule has 0 bridgehead atoms. The van der Waals surface area contributed by atoms with Crippen molar-refractivity contribution in [1.29, 1.82) is 0 Å². The van der Waals surface area contributed by atoms with Crippen molar-refractivity contribution in [2.75, 3.05) is 64.4 Å². The maximum Gasteiger partial charge on any atom is 0.274 e. The highest BCUT2D eigenvalue weighted by Gasteiger charge is 2.25. The Morgan fingerprint density at radius 2 is 1.43 bits per heavy atom. The van der Waals surface area contributed by atoms with E-state index >= 15 is 0 Å². The number of aliphatic hydroxyl groups excluding tert-OH is 1. The minimum Gasteiger partial charge on any atom is -0.379 e. The average Bonchev–Trinajstić information content (AvgIpc) is 3.01. The van der Waals surface area contributed by atoms with Gasteiger partial charge in [0.05, 0.1) is 13.2 Å². The Morgan fingerprint density at radius 3 is 2.02 bits per heavy atom. The van der Waals surface area contributed by atoms with Gasteiger partial charge in [-0.1, -0.05) is 48.5 Å². The first kappa shape index (κ1) is 28.2. The van der Waals surface area contributed by atoms with Gasteiger partial charge in [0, 0.05) is 63.6 Å². The summed E-state index contributed by atoms with van der Waals surface area (Å²) >= 11 is 0. The number of likely N-dealkylation sites (N-methyl/N-ethyl adjacent to an activating group) is 1. The molecule has 3 aromatic rings. The van der Waals surface area contributed by atoms with Gasteiger partial charge in [0.15, 0.2) is 6.35 Å². The van der Waals surface area contributed by atoms with Gasteiger partial charge in [-0.25, -0.2) is 5.48 Å². The molecule has 40 heavy (non-hydrogen) atoms. The number of ether oxygens (including phenoxy) is 1. The molecular weight excluding hydrogens is 506 g/mol. The zero-order valence-corrected chi connectivity index (χ0v) is 23.1. The van der Waals surface area contributed by atoms with Crippen molar-refractivity contribution in [2.24, 2.45) is 0 Å². The van der Waals surface area contributed by atoms with Crippen LogP contribution in [0.4, 0.5) is 5.69 Å². The van der Waals surface area contributed by atoms with Crippen LogP contribution in [-0.2, 0) is 17.8 Å². The quantitative estimate of drug-likeness (QED) is 0.215. The molecule has 2 aliphatic heterocycles. The van der Waals surface area contributed by atoms with E-state index in [9.17, 15) is 9.90 Å². The van der Waals surface area contributed by atoms with E-state index in [2.05, 4.69) is 53.2 Å². The second-order valence-corrected chi connectivity index (χ2v) is 10.6. The van der Waals surface area contributed by atoms with Gasteiger partial charge in [0.2, 0.25) is 0 Å². The van der Waals surface area contributed by atoms with Crippen molar-refractivity contribution in [2.45, 2.75) is 19.4 Å². The number of hydrogen-bond acceptors (Lipinski definition) is 8. The average molecular weight is 546 g/mol. The molecule has 3 aromatic carbocycles. The maximum atomic E-state index is 11.7. The minimum absolute atomic E-state index is 0.366. The molecule has 1 atom stereocenters. The molecule has 212 valence electrons. The lowest BCUT2D eigenvalue weighted by molar-refractivity contribution is -0.0597. The van der Waals surface area contributed by atoms with Crippen molar-refractivity contribution in [3.8, 4) is 11.1 Å². The van der Waals surface area contributed by atoms with Crippen LogP contribution in [0.5, 0.6) is 0 Å². The smallest absolute Gasteiger partial charge is 0.274 e. The molecular formula is C31H39N5O4. The zero-order chi connectivity index (χ0) is 27.9. The Kier molecular flexibility index (Phi) is 9.43. The highest BCUT2D eigenvalue weighted by molar-refractivity contribution is 5.93. The van der Waals surface area contributed by atoms with Crippen LogP contribution in [0.15, 0.2) is 72.8 Å². The number of benzene rings is 3. The predicted octanol–water partition coefficient (Wildman–Crippen LogP) is 2.83. The highest BCUT2D eigenvalue weighted by atomic mass is 16.5. The summed E-state index contributed by atoms with van der Waals surface area (Å²) in [6.07, 6.45) is -0.830. The second kappa shape index (κ2) is 13.4. The van der Waals surface area contributed by atoms with E-state index < -0.39 is 12.3 Å². The Morgan fingerprint density at radius 1 is 0.850 bits per heavy atom. The van der Waals surface area contributed by atoms with Crippen molar-refractivity contribution in [3.05, 3.63) is 89.5 Å². The van der Waals surface area contributed by atoms with Gasteiger partial charge in [-0.15, -0.1) is 0 Å². The topological polar surface area (TPSA) is 91.8 Å². The number of piperazine rings is 1. The van der Waals surface area contributed by atoms with Crippen molar-refractivity contribution < 1.29 is 19.8 Å². The predicted molar refractivity (Wildman–Crippen MR) is 155 cm³/mol. The molecule has 0 radical (unpaired) electrons. The summed E-state index contributed by atoms with van der Waals surface area (Å²) in [5, 5.41) is 20.3. The third-order valence-corrected chi connectivity index (χ3v) is 7.81. The third kappa shape index (κ3) is 7.06. The molecule has 0 aliphatic carbocycles. The number of aliphatic hydroxyl groups is 1. The van der Waals surface area contributed by atoms with Gasteiger partial charge in [0.1, 0.15) is 0 Å². The summed E-state index contributed by atoms with van der Waals surface area (Å²) in [4.78, 5) is 20.6. The fourth-order valence-corrected chi connectivity index (χ4v) is 5.25. The molecule has 2 fully saturated rings. The molecule has 2 heterocycles. The van der Waals surface area contributed by atoms with Crippen LogP contribution in [0.1, 0.15) is 21.5 Å². The minimum atomic E-state index is -0.830. The van der Waals surface area contributed by atoms with Crippen LogP contribution in [-0.4, -0.2) is 96.8 Å². The summed E-state index contributed by atoms with van der Waals surface area (Å²) in [6.45, 7) is 8.33. The summed E-state index contributed by atoms with van der Waals surface area (Å²) in [5.74, 6) is -0.556. The molecule has 1 unspecified atom stereocenters. The summed E-state index contributed by atoms with van der Waals surface area (Å²) in [6, 6.07) is 24.1. The molecule has 5 rings (SSSR count). The van der Waals surface area contributed by atoms with Crippen molar-refractivity contribution in [1.82, 2.24) is 20.2 Å². The van der Waals surface area contributed by atoms with E-state index in [1.54, 1.807) is 17.6 Å². The molecule has 0 saturated carbocycles.